The molecule has 0 bridgehead atoms. The Balaban J connectivity index is 1.43. The molecule has 3 rings (SSSR count). The van der Waals surface area contributed by atoms with E-state index in [9.17, 15) is 18.0 Å². The summed E-state index contributed by atoms with van der Waals surface area (Å²) in [5.41, 5.74) is 0.547. The average Bonchev–Trinajstić information content (AvgIpc) is 3.23. The van der Waals surface area contributed by atoms with Crippen molar-refractivity contribution in [3.63, 3.8) is 0 Å². The Morgan fingerprint density at radius 2 is 1.81 bits per heavy atom. The molecule has 1 N–H and O–H groups in total. The largest absolute Gasteiger partial charge is 0.472 e. The molecule has 2 aliphatic rings. The lowest BCUT2D eigenvalue weighted by Gasteiger charge is -2.34. The summed E-state index contributed by atoms with van der Waals surface area (Å²) in [6, 6.07) is 1.71. The van der Waals surface area contributed by atoms with Crippen LogP contribution in [0.2, 0.25) is 0 Å². The second-order valence-electron chi connectivity index (χ2n) is 7.16. The van der Waals surface area contributed by atoms with Crippen molar-refractivity contribution < 1.29 is 22.4 Å². The van der Waals surface area contributed by atoms with Gasteiger partial charge in [-0.1, -0.05) is 0 Å². The molecule has 0 aliphatic carbocycles. The van der Waals surface area contributed by atoms with Crippen LogP contribution in [0.5, 0.6) is 0 Å². The summed E-state index contributed by atoms with van der Waals surface area (Å²) >= 11 is 0. The van der Waals surface area contributed by atoms with Gasteiger partial charge in [-0.2, -0.15) is 0 Å². The van der Waals surface area contributed by atoms with Crippen LogP contribution in [0.15, 0.2) is 23.0 Å². The van der Waals surface area contributed by atoms with Crippen molar-refractivity contribution in [2.24, 2.45) is 5.92 Å². The van der Waals surface area contributed by atoms with Crippen molar-refractivity contribution in [2.45, 2.75) is 38.6 Å². The van der Waals surface area contributed by atoms with Gasteiger partial charge in [-0.15, -0.1) is 0 Å². The predicted octanol–water partition coefficient (Wildman–Crippen LogP) is 1.06. The first-order valence-corrected chi connectivity index (χ1v) is 11.1. The Morgan fingerprint density at radius 1 is 1.15 bits per heavy atom. The van der Waals surface area contributed by atoms with Gasteiger partial charge in [0, 0.05) is 38.1 Å². The highest BCUT2D eigenvalue weighted by molar-refractivity contribution is 7.89. The van der Waals surface area contributed by atoms with Gasteiger partial charge in [-0.3, -0.25) is 9.59 Å². The molecule has 8 nitrogen and oxygen atoms in total. The Labute approximate surface area is 159 Å². The first kappa shape index (κ1) is 19.9. The van der Waals surface area contributed by atoms with Crippen LogP contribution in [0, 0.1) is 5.92 Å². The van der Waals surface area contributed by atoms with E-state index in [4.69, 9.17) is 4.42 Å². The number of hydrogen-bond acceptors (Lipinski definition) is 5. The molecule has 150 valence electrons. The highest BCUT2D eigenvalue weighted by Gasteiger charge is 2.32. The molecule has 2 aliphatic heterocycles. The fourth-order valence-electron chi connectivity index (χ4n) is 3.69. The Hall–Kier alpha value is -1.87. The quantitative estimate of drug-likeness (QED) is 0.801. The van der Waals surface area contributed by atoms with Crippen LogP contribution in [-0.2, 0) is 14.8 Å². The fourth-order valence-corrected chi connectivity index (χ4v) is 4.83. The van der Waals surface area contributed by atoms with Gasteiger partial charge in [0.2, 0.25) is 15.9 Å². The number of piperidine rings is 2. The molecule has 1 aromatic rings. The third-order valence-electron chi connectivity index (χ3n) is 5.48. The summed E-state index contributed by atoms with van der Waals surface area (Å²) in [4.78, 5) is 26.6. The number of amides is 2. The molecule has 2 fully saturated rings. The maximum atomic E-state index is 12.5. The summed E-state index contributed by atoms with van der Waals surface area (Å²) < 4.78 is 30.3. The molecule has 2 amide bonds. The second-order valence-corrected chi connectivity index (χ2v) is 9.42. The Morgan fingerprint density at radius 3 is 2.37 bits per heavy atom. The van der Waals surface area contributed by atoms with Gasteiger partial charge in [0.15, 0.2) is 0 Å². The Kier molecular flexibility index (Phi) is 6.21. The van der Waals surface area contributed by atoms with Crippen LogP contribution >= 0.6 is 0 Å². The molecule has 0 spiro atoms. The number of sulfonamides is 1. The molecule has 27 heavy (non-hydrogen) atoms. The number of furan rings is 1. The van der Waals surface area contributed by atoms with E-state index in [2.05, 4.69) is 5.32 Å². The first-order chi connectivity index (χ1) is 12.9. The third-order valence-corrected chi connectivity index (χ3v) is 7.36. The number of nitrogens with one attached hydrogen (secondary N) is 1. The topological polar surface area (TPSA) is 99.9 Å². The smallest absolute Gasteiger partial charge is 0.257 e. The lowest BCUT2D eigenvalue weighted by Crippen LogP contribution is -2.49. The maximum absolute atomic E-state index is 12.5. The molecule has 9 heteroatoms. The molecule has 0 saturated carbocycles. The molecule has 0 unspecified atom stereocenters. The molecule has 0 atom stereocenters. The normalized spacial score (nSPS) is 20.6. The van der Waals surface area contributed by atoms with Crippen LogP contribution < -0.4 is 5.32 Å². The van der Waals surface area contributed by atoms with Crippen molar-refractivity contribution in [3.8, 4) is 0 Å². The van der Waals surface area contributed by atoms with Gasteiger partial charge in [0.1, 0.15) is 6.26 Å². The van der Waals surface area contributed by atoms with Crippen LogP contribution in [-0.4, -0.2) is 67.4 Å². The van der Waals surface area contributed by atoms with E-state index in [-0.39, 0.29) is 29.5 Å². The highest BCUT2D eigenvalue weighted by atomic mass is 32.2. The Bertz CT molecular complexity index is 746. The van der Waals surface area contributed by atoms with Gasteiger partial charge in [0.05, 0.1) is 17.6 Å². The minimum absolute atomic E-state index is 0.00292. The lowest BCUT2D eigenvalue weighted by molar-refractivity contribution is -0.127. The minimum Gasteiger partial charge on any atom is -0.472 e. The van der Waals surface area contributed by atoms with E-state index in [1.165, 1.54) is 16.8 Å². The SMILES string of the molecule is CCS(=O)(=O)N1CCC(C(=O)NC2CCN(C(=O)c3ccoc3)CC2)CC1. The second kappa shape index (κ2) is 8.43. The zero-order valence-corrected chi connectivity index (χ0v) is 16.4. The van der Waals surface area contributed by atoms with Crippen molar-refractivity contribution in [1.82, 2.24) is 14.5 Å². The van der Waals surface area contributed by atoms with Crippen molar-refractivity contribution in [1.29, 1.82) is 0 Å². The molecule has 0 radical (unpaired) electrons. The molecule has 2 saturated heterocycles. The van der Waals surface area contributed by atoms with E-state index in [0.717, 1.165) is 12.8 Å². The lowest BCUT2D eigenvalue weighted by atomic mass is 9.95. The number of carbonyl (C=O) groups is 2. The van der Waals surface area contributed by atoms with Crippen molar-refractivity contribution >= 4 is 21.8 Å². The monoisotopic (exact) mass is 397 g/mol. The molecule has 1 aromatic heterocycles. The van der Waals surface area contributed by atoms with E-state index in [0.29, 0.717) is 44.6 Å². The van der Waals surface area contributed by atoms with E-state index < -0.39 is 10.0 Å². The molecule has 0 aromatic carbocycles. The van der Waals surface area contributed by atoms with E-state index >= 15 is 0 Å². The van der Waals surface area contributed by atoms with Crippen LogP contribution in [0.1, 0.15) is 43.0 Å². The summed E-state index contributed by atoms with van der Waals surface area (Å²) in [5.74, 6) is -0.0833. The number of carbonyl (C=O) groups excluding carboxylic acids is 2. The average molecular weight is 397 g/mol. The maximum Gasteiger partial charge on any atom is 0.257 e. The summed E-state index contributed by atoms with van der Waals surface area (Å²) in [6.45, 7) is 3.65. The van der Waals surface area contributed by atoms with Gasteiger partial charge in [0.25, 0.3) is 5.91 Å². The fraction of sp³-hybridized carbons (Fsp3) is 0.667. The standard InChI is InChI=1S/C18H27N3O5S/c1-2-27(24,25)21-10-3-14(4-11-21)17(22)19-16-5-8-20(9-6-16)18(23)15-7-12-26-13-15/h7,12-14,16H,2-6,8-11H2,1H3,(H,19,22). The van der Waals surface area contributed by atoms with Gasteiger partial charge < -0.3 is 14.6 Å². The highest BCUT2D eigenvalue weighted by Crippen LogP contribution is 2.21. The third kappa shape index (κ3) is 4.70. The predicted molar refractivity (Wildman–Crippen MR) is 99.5 cm³/mol. The molecule has 3 heterocycles. The van der Waals surface area contributed by atoms with Crippen LogP contribution in [0.3, 0.4) is 0 Å². The first-order valence-electron chi connectivity index (χ1n) is 9.50. The van der Waals surface area contributed by atoms with E-state index in [1.54, 1.807) is 17.9 Å². The molecular weight excluding hydrogens is 370 g/mol. The number of nitrogens with zero attached hydrogens (tertiary/aromatic N) is 2. The van der Waals surface area contributed by atoms with Crippen LogP contribution in [0.4, 0.5) is 0 Å². The van der Waals surface area contributed by atoms with E-state index in [1.807, 2.05) is 0 Å². The molecular formula is C18H27N3O5S. The zero-order chi connectivity index (χ0) is 19.4. The van der Waals surface area contributed by atoms with Crippen molar-refractivity contribution in [3.05, 3.63) is 24.2 Å². The van der Waals surface area contributed by atoms with Gasteiger partial charge in [-0.05, 0) is 38.7 Å². The summed E-state index contributed by atoms with van der Waals surface area (Å²) in [5, 5.41) is 3.09. The van der Waals surface area contributed by atoms with Gasteiger partial charge in [-0.25, -0.2) is 12.7 Å². The number of hydrogen-bond donors (Lipinski definition) is 1. The number of likely N-dealkylation sites (tertiary alicyclic amines) is 1. The zero-order valence-electron chi connectivity index (χ0n) is 15.6. The van der Waals surface area contributed by atoms with Crippen molar-refractivity contribution in [2.75, 3.05) is 31.9 Å². The number of rotatable bonds is 5. The van der Waals surface area contributed by atoms with Crippen LogP contribution in [0.25, 0.3) is 0 Å². The van der Waals surface area contributed by atoms with Gasteiger partial charge >= 0.3 is 0 Å². The summed E-state index contributed by atoms with van der Waals surface area (Å²) in [7, 11) is -3.17. The minimum atomic E-state index is -3.17. The summed E-state index contributed by atoms with van der Waals surface area (Å²) in [6.07, 6.45) is 5.49.